The minimum atomic E-state index is -0.314. The topological polar surface area (TPSA) is 88.4 Å². The monoisotopic (exact) mass is 437 g/mol. The molecular formula is C26H31NO5. The highest BCUT2D eigenvalue weighted by atomic mass is 16.5. The molecule has 6 heteroatoms. The Bertz CT molecular complexity index is 1050. The van der Waals surface area contributed by atoms with E-state index in [4.69, 9.17) is 9.47 Å². The Kier molecular flexibility index (Phi) is 7.23. The molecule has 0 bridgehead atoms. The van der Waals surface area contributed by atoms with Gasteiger partial charge in [0, 0.05) is 19.3 Å². The van der Waals surface area contributed by atoms with Gasteiger partial charge in [0.2, 0.25) is 0 Å². The second kappa shape index (κ2) is 9.90. The van der Waals surface area contributed by atoms with E-state index in [9.17, 15) is 15.0 Å². The molecule has 0 aliphatic heterocycles. The van der Waals surface area contributed by atoms with Gasteiger partial charge in [-0.05, 0) is 49.1 Å². The van der Waals surface area contributed by atoms with Crippen molar-refractivity contribution in [2.75, 3.05) is 13.2 Å². The number of phenols is 1. The molecule has 1 aliphatic carbocycles. The smallest absolute Gasteiger partial charge is 0.168 e. The van der Waals surface area contributed by atoms with E-state index in [0.717, 1.165) is 5.56 Å². The Labute approximate surface area is 189 Å². The number of carbonyl (C=O) groups is 1. The van der Waals surface area contributed by atoms with Gasteiger partial charge in [-0.1, -0.05) is 32.0 Å². The van der Waals surface area contributed by atoms with Crippen molar-refractivity contribution in [1.29, 1.82) is 0 Å². The normalized spacial score (nSPS) is 16.2. The summed E-state index contributed by atoms with van der Waals surface area (Å²) in [4.78, 5) is 17.6. The van der Waals surface area contributed by atoms with Crippen molar-refractivity contribution in [3.8, 4) is 17.2 Å². The zero-order valence-electron chi connectivity index (χ0n) is 19.1. The van der Waals surface area contributed by atoms with Crippen LogP contribution in [0.1, 0.15) is 46.1 Å². The maximum Gasteiger partial charge on any atom is 0.168 e. The summed E-state index contributed by atoms with van der Waals surface area (Å²) in [7, 11) is 0. The van der Waals surface area contributed by atoms with Crippen molar-refractivity contribution < 1.29 is 24.5 Å². The second-order valence-corrected chi connectivity index (χ2v) is 8.63. The standard InChI is InChI=1S/C26H31NO5/c1-5-31-23-12-11-17(14-24(23)32-6-2)13-19(27-18-9-7-8-10-20(18)28)25-21(29)15-26(3,4)16-22(25)30/h7-12,14,28-29H,5-6,13,15-16H2,1-4H3. The number of aliphatic imine (C=N–C) groups is 1. The summed E-state index contributed by atoms with van der Waals surface area (Å²) < 4.78 is 11.4. The van der Waals surface area contributed by atoms with Gasteiger partial charge in [0.25, 0.3) is 0 Å². The average molecular weight is 438 g/mol. The molecule has 1 aliphatic rings. The summed E-state index contributed by atoms with van der Waals surface area (Å²) in [6.45, 7) is 8.73. The van der Waals surface area contributed by atoms with Crippen LogP contribution in [0.3, 0.4) is 0 Å². The first-order valence-corrected chi connectivity index (χ1v) is 10.9. The number of aliphatic hydroxyl groups is 1. The van der Waals surface area contributed by atoms with Crippen molar-refractivity contribution in [1.82, 2.24) is 0 Å². The van der Waals surface area contributed by atoms with Gasteiger partial charge in [0.05, 0.1) is 24.5 Å². The minimum Gasteiger partial charge on any atom is -0.511 e. The average Bonchev–Trinajstić information content (AvgIpc) is 2.70. The Morgan fingerprint density at radius 2 is 1.69 bits per heavy atom. The molecule has 0 fully saturated rings. The molecule has 0 radical (unpaired) electrons. The fourth-order valence-electron chi connectivity index (χ4n) is 3.90. The molecule has 0 amide bonds. The number of rotatable bonds is 8. The number of aromatic hydroxyl groups is 1. The van der Waals surface area contributed by atoms with E-state index in [1.807, 2.05) is 45.9 Å². The molecule has 0 saturated heterocycles. The molecule has 6 nitrogen and oxygen atoms in total. The van der Waals surface area contributed by atoms with Gasteiger partial charge in [0.15, 0.2) is 17.3 Å². The highest BCUT2D eigenvalue weighted by molar-refractivity contribution is 6.24. The third-order valence-corrected chi connectivity index (χ3v) is 5.26. The number of carbonyl (C=O) groups excluding carboxylic acids is 1. The van der Waals surface area contributed by atoms with Crippen LogP contribution in [0.4, 0.5) is 5.69 Å². The fourth-order valence-corrected chi connectivity index (χ4v) is 3.90. The highest BCUT2D eigenvalue weighted by Crippen LogP contribution is 2.38. The van der Waals surface area contributed by atoms with E-state index in [0.29, 0.717) is 49.0 Å². The number of aliphatic hydroxyl groups excluding tert-OH is 1. The lowest BCUT2D eigenvalue weighted by atomic mass is 9.75. The molecule has 32 heavy (non-hydrogen) atoms. The number of nitrogens with zero attached hydrogens (tertiary/aromatic N) is 1. The Morgan fingerprint density at radius 1 is 1.00 bits per heavy atom. The maximum atomic E-state index is 13.0. The number of phenolic OH excluding ortho intramolecular Hbond substituents is 1. The molecule has 170 valence electrons. The van der Waals surface area contributed by atoms with E-state index >= 15 is 0 Å². The summed E-state index contributed by atoms with van der Waals surface area (Å²) in [5.74, 6) is 1.16. The summed E-state index contributed by atoms with van der Waals surface area (Å²) in [6, 6.07) is 12.3. The molecule has 0 spiro atoms. The number of hydrogen-bond acceptors (Lipinski definition) is 6. The molecule has 2 N–H and O–H groups in total. The summed E-state index contributed by atoms with van der Waals surface area (Å²) in [6.07, 6.45) is 0.993. The van der Waals surface area contributed by atoms with Crippen molar-refractivity contribution in [2.45, 2.75) is 47.0 Å². The van der Waals surface area contributed by atoms with E-state index < -0.39 is 0 Å². The van der Waals surface area contributed by atoms with Crippen LogP contribution < -0.4 is 9.47 Å². The first-order valence-electron chi connectivity index (χ1n) is 10.9. The molecule has 0 unspecified atom stereocenters. The minimum absolute atomic E-state index is 0.00961. The number of ketones is 1. The fraction of sp³-hybridized carbons (Fsp3) is 0.385. The first kappa shape index (κ1) is 23.4. The van der Waals surface area contributed by atoms with Gasteiger partial charge < -0.3 is 19.7 Å². The summed E-state index contributed by atoms with van der Waals surface area (Å²) in [5, 5.41) is 21.0. The van der Waals surface area contributed by atoms with Gasteiger partial charge in [-0.2, -0.15) is 0 Å². The lowest BCUT2D eigenvalue weighted by molar-refractivity contribution is -0.117. The van der Waals surface area contributed by atoms with Gasteiger partial charge in [-0.15, -0.1) is 0 Å². The van der Waals surface area contributed by atoms with E-state index in [1.54, 1.807) is 24.3 Å². The molecule has 0 atom stereocenters. The molecule has 0 heterocycles. The highest BCUT2D eigenvalue weighted by Gasteiger charge is 2.35. The summed E-state index contributed by atoms with van der Waals surface area (Å²) >= 11 is 0. The van der Waals surface area contributed by atoms with Crippen molar-refractivity contribution >= 4 is 17.2 Å². The van der Waals surface area contributed by atoms with Crippen LogP contribution in [0.5, 0.6) is 17.2 Å². The van der Waals surface area contributed by atoms with Crippen molar-refractivity contribution in [3.05, 3.63) is 59.4 Å². The Balaban J connectivity index is 2.08. The molecule has 3 rings (SSSR count). The third-order valence-electron chi connectivity index (χ3n) is 5.26. The number of para-hydroxylation sites is 2. The van der Waals surface area contributed by atoms with E-state index in [1.165, 1.54) is 0 Å². The molecule has 0 aromatic heterocycles. The van der Waals surface area contributed by atoms with Gasteiger partial charge in [0.1, 0.15) is 17.2 Å². The zero-order chi connectivity index (χ0) is 23.3. The number of hydrogen-bond donors (Lipinski definition) is 2. The van der Waals surface area contributed by atoms with Gasteiger partial charge in [-0.3, -0.25) is 4.79 Å². The number of ether oxygens (including phenoxy) is 2. The predicted octanol–water partition coefficient (Wildman–Crippen LogP) is 5.71. The van der Waals surface area contributed by atoms with Crippen LogP contribution in [0.15, 0.2) is 58.8 Å². The summed E-state index contributed by atoms with van der Waals surface area (Å²) in [5.41, 5.74) is 1.53. The molecule has 0 saturated carbocycles. The quantitative estimate of drug-likeness (QED) is 0.517. The number of Topliss-reactive ketones (excluding diaryl/α,β-unsaturated/α-hetero) is 1. The Morgan fingerprint density at radius 3 is 2.34 bits per heavy atom. The van der Waals surface area contributed by atoms with Crippen LogP contribution in [0.2, 0.25) is 0 Å². The van der Waals surface area contributed by atoms with Crippen LogP contribution in [0.25, 0.3) is 0 Å². The van der Waals surface area contributed by atoms with Crippen molar-refractivity contribution in [3.63, 3.8) is 0 Å². The molecular weight excluding hydrogens is 406 g/mol. The molecule has 2 aromatic carbocycles. The largest absolute Gasteiger partial charge is 0.511 e. The van der Waals surface area contributed by atoms with Gasteiger partial charge in [-0.25, -0.2) is 4.99 Å². The van der Waals surface area contributed by atoms with Crippen LogP contribution >= 0.6 is 0 Å². The van der Waals surface area contributed by atoms with Crippen LogP contribution in [-0.2, 0) is 11.2 Å². The lowest BCUT2D eigenvalue weighted by Gasteiger charge is -2.30. The third kappa shape index (κ3) is 5.49. The second-order valence-electron chi connectivity index (χ2n) is 8.63. The SMILES string of the molecule is CCOc1ccc(CC(=Nc2ccccc2O)C2=C(O)CC(C)(C)CC2=O)cc1OCC. The lowest BCUT2D eigenvalue weighted by Crippen LogP contribution is -2.30. The van der Waals surface area contributed by atoms with Gasteiger partial charge >= 0.3 is 0 Å². The Hall–Kier alpha value is -3.28. The first-order chi connectivity index (χ1) is 15.2. The van der Waals surface area contributed by atoms with E-state index in [2.05, 4.69) is 4.99 Å². The van der Waals surface area contributed by atoms with Crippen LogP contribution in [-0.4, -0.2) is 34.9 Å². The maximum absolute atomic E-state index is 13.0. The van der Waals surface area contributed by atoms with Crippen molar-refractivity contribution in [2.24, 2.45) is 10.4 Å². The number of benzene rings is 2. The zero-order valence-corrected chi connectivity index (χ0v) is 19.1. The predicted molar refractivity (Wildman–Crippen MR) is 125 cm³/mol. The molecule has 2 aromatic rings. The number of allylic oxidation sites excluding steroid dienone is 2. The van der Waals surface area contributed by atoms with E-state index in [-0.39, 0.29) is 34.7 Å². The van der Waals surface area contributed by atoms with Crippen LogP contribution in [0, 0.1) is 5.41 Å².